The lowest BCUT2D eigenvalue weighted by atomic mass is 9.95. The summed E-state index contributed by atoms with van der Waals surface area (Å²) in [5.41, 5.74) is 5.35. The van der Waals surface area contributed by atoms with Gasteiger partial charge < -0.3 is 39.1 Å². The molecule has 0 bridgehead atoms. The number of esters is 1. The van der Waals surface area contributed by atoms with Crippen molar-refractivity contribution in [3.05, 3.63) is 88.6 Å². The minimum atomic E-state index is -0.769. The number of carbonyl (C=O) groups is 3. The molecule has 0 saturated carbocycles. The summed E-state index contributed by atoms with van der Waals surface area (Å²) in [6.07, 6.45) is 1.50. The predicted molar refractivity (Wildman–Crippen MR) is 161 cm³/mol. The summed E-state index contributed by atoms with van der Waals surface area (Å²) >= 11 is 0. The van der Waals surface area contributed by atoms with Crippen LogP contribution in [0.15, 0.2) is 77.0 Å². The fraction of sp³-hybridized carbons (Fsp3) is 0.250. The summed E-state index contributed by atoms with van der Waals surface area (Å²) in [4.78, 5) is 37.1. The summed E-state index contributed by atoms with van der Waals surface area (Å²) in [7, 11) is 1.44. The van der Waals surface area contributed by atoms with Gasteiger partial charge in [0, 0.05) is 5.70 Å². The number of allylic oxidation sites excluding steroid dienone is 1. The molecule has 1 atom stereocenters. The first kappa shape index (κ1) is 30.7. The molecule has 234 valence electrons. The van der Waals surface area contributed by atoms with Gasteiger partial charge in [-0.3, -0.25) is 4.79 Å². The summed E-state index contributed by atoms with van der Waals surface area (Å²) < 4.78 is 32.8. The topological polar surface area (TPSA) is 155 Å². The highest BCUT2D eigenvalue weighted by Crippen LogP contribution is 2.35. The Morgan fingerprint density at radius 3 is 2.60 bits per heavy atom. The second-order valence-electron chi connectivity index (χ2n) is 9.83. The van der Waals surface area contributed by atoms with Crippen LogP contribution in [-0.4, -0.2) is 51.2 Å². The van der Waals surface area contributed by atoms with Gasteiger partial charge >= 0.3 is 12.0 Å². The Hall–Kier alpha value is -5.72. The van der Waals surface area contributed by atoms with Crippen LogP contribution >= 0.6 is 0 Å². The van der Waals surface area contributed by atoms with Gasteiger partial charge in [0.1, 0.15) is 12.4 Å². The molecule has 2 aliphatic rings. The van der Waals surface area contributed by atoms with E-state index in [1.807, 2.05) is 30.3 Å². The van der Waals surface area contributed by atoms with E-state index in [1.165, 1.54) is 13.3 Å². The Bertz CT molecular complexity index is 1640. The number of benzene rings is 3. The van der Waals surface area contributed by atoms with Crippen LogP contribution in [0.5, 0.6) is 28.7 Å². The highest BCUT2D eigenvalue weighted by Gasteiger charge is 2.32. The molecule has 0 aliphatic carbocycles. The second kappa shape index (κ2) is 14.2. The summed E-state index contributed by atoms with van der Waals surface area (Å²) in [5, 5.41) is 9.31. The number of hydrogen-bond donors (Lipinski definition) is 3. The Labute approximate surface area is 259 Å². The molecule has 0 spiro atoms. The van der Waals surface area contributed by atoms with Crippen molar-refractivity contribution in [2.75, 3.05) is 27.1 Å². The number of ether oxygens (including phenoxy) is 6. The fourth-order valence-electron chi connectivity index (χ4n) is 4.61. The third-order valence-corrected chi connectivity index (χ3v) is 6.77. The minimum Gasteiger partial charge on any atom is -0.493 e. The van der Waals surface area contributed by atoms with Crippen molar-refractivity contribution in [1.82, 2.24) is 16.1 Å². The van der Waals surface area contributed by atoms with E-state index < -0.39 is 23.9 Å². The lowest BCUT2D eigenvalue weighted by molar-refractivity contribution is -0.139. The normalized spacial score (nSPS) is 15.3. The first-order chi connectivity index (χ1) is 21.8. The SMILES string of the molecule is CCOC(=O)C1=C(C)NC(=O)N[C@@H]1c1ccc(OCC(=O)N/N=C\c2ccc(OCc3ccc4c(c3)OCO4)cc2)c(OC)c1. The molecule has 0 radical (unpaired) electrons. The van der Waals surface area contributed by atoms with E-state index in [-0.39, 0.29) is 31.3 Å². The quantitative estimate of drug-likeness (QED) is 0.157. The van der Waals surface area contributed by atoms with Crippen LogP contribution in [0.4, 0.5) is 4.79 Å². The molecule has 5 rings (SSSR count). The van der Waals surface area contributed by atoms with Gasteiger partial charge in [-0.2, -0.15) is 5.10 Å². The van der Waals surface area contributed by atoms with Crippen molar-refractivity contribution in [2.45, 2.75) is 26.5 Å². The van der Waals surface area contributed by atoms with E-state index in [4.69, 9.17) is 28.4 Å². The molecule has 3 aromatic rings. The largest absolute Gasteiger partial charge is 0.493 e. The molecule has 13 heteroatoms. The average molecular weight is 617 g/mol. The monoisotopic (exact) mass is 616 g/mol. The van der Waals surface area contributed by atoms with E-state index in [9.17, 15) is 14.4 Å². The molecule has 2 heterocycles. The van der Waals surface area contributed by atoms with Gasteiger partial charge in [-0.1, -0.05) is 12.1 Å². The number of hydrogen-bond acceptors (Lipinski definition) is 10. The maximum Gasteiger partial charge on any atom is 0.338 e. The maximum absolute atomic E-state index is 12.6. The number of fused-ring (bicyclic) bond motifs is 1. The van der Waals surface area contributed by atoms with E-state index >= 15 is 0 Å². The number of carbonyl (C=O) groups excluding carboxylic acids is 3. The van der Waals surface area contributed by atoms with Gasteiger partial charge in [-0.05, 0) is 79.1 Å². The predicted octanol–water partition coefficient (Wildman–Crippen LogP) is 3.72. The molecule has 3 N–H and O–H groups in total. The number of methoxy groups -OCH3 is 1. The van der Waals surface area contributed by atoms with Crippen LogP contribution in [-0.2, 0) is 20.9 Å². The molecule has 0 aromatic heterocycles. The number of urea groups is 1. The summed E-state index contributed by atoms with van der Waals surface area (Å²) in [6, 6.07) is 16.5. The van der Waals surface area contributed by atoms with E-state index in [1.54, 1.807) is 44.2 Å². The van der Waals surface area contributed by atoms with Gasteiger partial charge in [-0.15, -0.1) is 0 Å². The van der Waals surface area contributed by atoms with Crippen LogP contribution in [0, 0.1) is 0 Å². The molecule has 0 fully saturated rings. The molecule has 0 unspecified atom stereocenters. The van der Waals surface area contributed by atoms with Crippen molar-refractivity contribution >= 4 is 24.1 Å². The first-order valence-electron chi connectivity index (χ1n) is 14.0. The van der Waals surface area contributed by atoms with Crippen molar-refractivity contribution < 1.29 is 42.8 Å². The van der Waals surface area contributed by atoms with Crippen molar-refractivity contribution in [1.29, 1.82) is 0 Å². The Morgan fingerprint density at radius 2 is 1.82 bits per heavy atom. The van der Waals surface area contributed by atoms with E-state index in [2.05, 4.69) is 21.2 Å². The minimum absolute atomic E-state index is 0.184. The van der Waals surface area contributed by atoms with Crippen molar-refractivity contribution in [2.24, 2.45) is 5.10 Å². The molecular formula is C32H32N4O9. The molecule has 3 aromatic carbocycles. The first-order valence-corrected chi connectivity index (χ1v) is 14.0. The number of rotatable bonds is 12. The number of nitrogens with zero attached hydrogens (tertiary/aromatic N) is 1. The fourth-order valence-corrected chi connectivity index (χ4v) is 4.61. The van der Waals surface area contributed by atoms with Gasteiger partial charge in [0.15, 0.2) is 29.6 Å². The molecule has 13 nitrogen and oxygen atoms in total. The second-order valence-corrected chi connectivity index (χ2v) is 9.83. The summed E-state index contributed by atoms with van der Waals surface area (Å²) in [6.45, 7) is 3.77. The number of nitrogens with one attached hydrogen (secondary N) is 3. The molecule has 2 aliphatic heterocycles. The molecular weight excluding hydrogens is 584 g/mol. The lowest BCUT2D eigenvalue weighted by Crippen LogP contribution is -2.45. The Kier molecular flexibility index (Phi) is 9.67. The van der Waals surface area contributed by atoms with Gasteiger partial charge in [0.2, 0.25) is 6.79 Å². The standard InChI is InChI=1S/C32H32N4O9/c1-4-41-31(38)29-19(2)34-32(39)35-30(29)22-8-12-24(26(14-22)40-3)43-17-28(37)36-33-15-20-5-9-23(10-6-20)42-16-21-7-11-25-27(13-21)45-18-44-25/h5-15,30H,4,16-18H2,1-3H3,(H,36,37)(H2,34,35,39)/b33-15-/t30-/m1/s1. The zero-order valence-corrected chi connectivity index (χ0v) is 24.9. The van der Waals surface area contributed by atoms with Gasteiger partial charge in [0.05, 0.1) is 31.5 Å². The molecule has 3 amide bonds. The van der Waals surface area contributed by atoms with Crippen LogP contribution in [0.25, 0.3) is 0 Å². The lowest BCUT2D eigenvalue weighted by Gasteiger charge is -2.28. The van der Waals surface area contributed by atoms with Crippen LogP contribution in [0.1, 0.15) is 36.6 Å². The van der Waals surface area contributed by atoms with Gasteiger partial charge in [-0.25, -0.2) is 15.0 Å². The van der Waals surface area contributed by atoms with Crippen molar-refractivity contribution in [3.8, 4) is 28.7 Å². The van der Waals surface area contributed by atoms with Gasteiger partial charge in [0.25, 0.3) is 5.91 Å². The Morgan fingerprint density at radius 1 is 1.02 bits per heavy atom. The zero-order chi connectivity index (χ0) is 31.8. The number of amides is 3. The van der Waals surface area contributed by atoms with Crippen LogP contribution < -0.4 is 39.7 Å². The van der Waals surface area contributed by atoms with Crippen LogP contribution in [0.2, 0.25) is 0 Å². The molecule has 45 heavy (non-hydrogen) atoms. The number of hydrazone groups is 1. The highest BCUT2D eigenvalue weighted by atomic mass is 16.7. The van der Waals surface area contributed by atoms with Crippen molar-refractivity contribution in [3.63, 3.8) is 0 Å². The third-order valence-electron chi connectivity index (χ3n) is 6.77. The molecule has 0 saturated heterocycles. The smallest absolute Gasteiger partial charge is 0.338 e. The van der Waals surface area contributed by atoms with E-state index in [0.29, 0.717) is 35.1 Å². The summed E-state index contributed by atoms with van der Waals surface area (Å²) in [5.74, 6) is 1.65. The highest BCUT2D eigenvalue weighted by molar-refractivity contribution is 5.95. The van der Waals surface area contributed by atoms with E-state index in [0.717, 1.165) is 16.9 Å². The average Bonchev–Trinajstić information content (AvgIpc) is 3.51. The Balaban J connectivity index is 1.12. The maximum atomic E-state index is 12.6. The van der Waals surface area contributed by atoms with Crippen LogP contribution in [0.3, 0.4) is 0 Å². The third kappa shape index (κ3) is 7.63. The zero-order valence-electron chi connectivity index (χ0n) is 24.9.